The summed E-state index contributed by atoms with van der Waals surface area (Å²) < 4.78 is 58.6. The fourth-order valence-electron chi connectivity index (χ4n) is 0.337. The zero-order valence-corrected chi connectivity index (χ0v) is 8.20. The first kappa shape index (κ1) is 12.5. The molecule has 0 fully saturated rings. The van der Waals surface area contributed by atoms with E-state index in [0.29, 0.717) is 5.33 Å². The average Bonchev–Trinajstić information content (AvgIpc) is 1.85. The van der Waals surface area contributed by atoms with Gasteiger partial charge in [0.05, 0.1) is 0 Å². The molecule has 0 aromatic rings. The highest BCUT2D eigenvalue weighted by Gasteiger charge is 2.57. The van der Waals surface area contributed by atoms with Crippen molar-refractivity contribution in [2.24, 2.45) is 0 Å². The summed E-state index contributed by atoms with van der Waals surface area (Å²) in [5.41, 5.74) is 0. The van der Waals surface area contributed by atoms with Crippen LogP contribution in [0.2, 0.25) is 0 Å². The fourth-order valence-corrected chi connectivity index (χ4v) is 1.70. The first-order valence-corrected chi connectivity index (χ1v) is 5.06. The van der Waals surface area contributed by atoms with Gasteiger partial charge in [0.2, 0.25) is 0 Å². The van der Waals surface area contributed by atoms with Crippen molar-refractivity contribution >= 4 is 27.7 Å². The zero-order valence-electron chi connectivity index (χ0n) is 5.80. The minimum atomic E-state index is -5.44. The molecule has 0 aliphatic rings. The quantitative estimate of drug-likeness (QED) is 0.428. The topological polar surface area (TPSA) is 0 Å². The molecule has 0 heterocycles. The van der Waals surface area contributed by atoms with Gasteiger partial charge in [-0.25, -0.2) is 0 Å². The smallest absolute Gasteiger partial charge is 0.184 e. The van der Waals surface area contributed by atoms with Crippen LogP contribution >= 0.6 is 27.7 Å². The Balaban J connectivity index is 3.88. The Labute approximate surface area is 79.0 Å². The Morgan fingerprint density at radius 1 is 1.08 bits per heavy atom. The normalized spacial score (nSPS) is 13.5. The Kier molecular flexibility index (Phi) is 4.83. The molecule has 0 aromatic carbocycles. The van der Waals surface area contributed by atoms with E-state index in [1.807, 2.05) is 0 Å². The van der Waals surface area contributed by atoms with Crippen LogP contribution in [-0.2, 0) is 0 Å². The molecule has 0 saturated carbocycles. The Morgan fingerprint density at radius 2 is 1.58 bits per heavy atom. The lowest BCUT2D eigenvalue weighted by Gasteiger charge is -2.18. The van der Waals surface area contributed by atoms with Crippen LogP contribution in [0.4, 0.5) is 22.0 Å². The van der Waals surface area contributed by atoms with Crippen LogP contribution in [-0.4, -0.2) is 22.5 Å². The van der Waals surface area contributed by atoms with Crippen LogP contribution < -0.4 is 0 Å². The van der Waals surface area contributed by atoms with Gasteiger partial charge in [-0.3, -0.25) is 0 Å². The third-order valence-corrected chi connectivity index (χ3v) is 2.54. The third kappa shape index (κ3) is 3.93. The molecule has 74 valence electrons. The number of alkyl halides is 6. The highest BCUT2D eigenvalue weighted by Crippen LogP contribution is 2.44. The molecule has 0 aliphatic heterocycles. The molecule has 12 heavy (non-hydrogen) atoms. The van der Waals surface area contributed by atoms with Gasteiger partial charge in [-0.05, 0) is 6.42 Å². The van der Waals surface area contributed by atoms with Crippen molar-refractivity contribution in [2.75, 3.05) is 11.1 Å². The van der Waals surface area contributed by atoms with E-state index in [1.54, 1.807) is 0 Å². The number of rotatable bonds is 4. The summed E-state index contributed by atoms with van der Waals surface area (Å²) in [6, 6.07) is 0. The highest BCUT2D eigenvalue weighted by molar-refractivity contribution is 9.09. The van der Waals surface area contributed by atoms with E-state index in [2.05, 4.69) is 15.9 Å². The summed E-state index contributed by atoms with van der Waals surface area (Å²) in [6.45, 7) is 0. The summed E-state index contributed by atoms with van der Waals surface area (Å²) in [7, 11) is 0. The third-order valence-electron chi connectivity index (χ3n) is 0.891. The van der Waals surface area contributed by atoms with Gasteiger partial charge >= 0.3 is 11.4 Å². The monoisotopic (exact) mass is 272 g/mol. The SMILES string of the molecule is FC(F)(F)C(F)(F)SCCCBr. The van der Waals surface area contributed by atoms with Crippen molar-refractivity contribution in [3.8, 4) is 0 Å². The van der Waals surface area contributed by atoms with Gasteiger partial charge in [-0.1, -0.05) is 27.7 Å². The second-order valence-electron chi connectivity index (χ2n) is 1.91. The van der Waals surface area contributed by atoms with Crippen LogP contribution in [0, 0.1) is 0 Å². The minimum absolute atomic E-state index is 0.211. The summed E-state index contributed by atoms with van der Waals surface area (Å²) in [5, 5.41) is -4.19. The number of hydrogen-bond donors (Lipinski definition) is 0. The van der Waals surface area contributed by atoms with Gasteiger partial charge in [-0.15, -0.1) is 0 Å². The van der Waals surface area contributed by atoms with Crippen molar-refractivity contribution in [1.82, 2.24) is 0 Å². The van der Waals surface area contributed by atoms with Crippen LogP contribution in [0.3, 0.4) is 0 Å². The number of halogens is 6. The molecule has 0 N–H and O–H groups in total. The average molecular weight is 273 g/mol. The molecule has 0 unspecified atom stereocenters. The molecular weight excluding hydrogens is 267 g/mol. The van der Waals surface area contributed by atoms with Crippen LogP contribution in [0.5, 0.6) is 0 Å². The van der Waals surface area contributed by atoms with Gasteiger partial charge in [0.25, 0.3) is 0 Å². The summed E-state index contributed by atoms with van der Waals surface area (Å²) in [5.74, 6) is -0.211. The standard InChI is InChI=1S/C5H6BrF5S/c6-2-1-3-12-5(10,11)4(7,8)9/h1-3H2. The molecule has 0 spiro atoms. The van der Waals surface area contributed by atoms with E-state index in [4.69, 9.17) is 0 Å². The molecule has 0 amide bonds. The Bertz CT molecular complexity index is 134. The largest absolute Gasteiger partial charge is 0.464 e. The maximum atomic E-state index is 12.1. The molecule has 7 heteroatoms. The summed E-state index contributed by atoms with van der Waals surface area (Å²) in [6.07, 6.45) is -5.15. The molecule has 0 aliphatic carbocycles. The van der Waals surface area contributed by atoms with Crippen molar-refractivity contribution in [3.63, 3.8) is 0 Å². The Morgan fingerprint density at radius 3 is 1.92 bits per heavy atom. The van der Waals surface area contributed by atoms with Gasteiger partial charge in [0, 0.05) is 11.1 Å². The first-order chi connectivity index (χ1) is 5.31. The predicted molar refractivity (Wildman–Crippen MR) is 41.9 cm³/mol. The summed E-state index contributed by atoms with van der Waals surface area (Å²) in [4.78, 5) is 0. The maximum Gasteiger partial charge on any atom is 0.464 e. The lowest BCUT2D eigenvalue weighted by Crippen LogP contribution is -2.33. The van der Waals surface area contributed by atoms with E-state index in [0.717, 1.165) is 0 Å². The second kappa shape index (κ2) is 4.64. The maximum absolute atomic E-state index is 12.1. The van der Waals surface area contributed by atoms with E-state index >= 15 is 0 Å². The second-order valence-corrected chi connectivity index (χ2v) is 3.91. The van der Waals surface area contributed by atoms with Crippen LogP contribution in [0.25, 0.3) is 0 Å². The molecule has 0 atom stereocenters. The van der Waals surface area contributed by atoms with E-state index in [1.165, 1.54) is 0 Å². The molecule has 0 radical (unpaired) electrons. The highest BCUT2D eigenvalue weighted by atomic mass is 79.9. The van der Waals surface area contributed by atoms with Gasteiger partial charge in [0.1, 0.15) is 0 Å². The van der Waals surface area contributed by atoms with Gasteiger partial charge < -0.3 is 0 Å². The summed E-state index contributed by atoms with van der Waals surface area (Å²) >= 11 is 2.55. The van der Waals surface area contributed by atoms with Crippen molar-refractivity contribution in [1.29, 1.82) is 0 Å². The molecule has 0 aromatic heterocycles. The van der Waals surface area contributed by atoms with Crippen LogP contribution in [0.15, 0.2) is 0 Å². The minimum Gasteiger partial charge on any atom is -0.184 e. The molecule has 0 bridgehead atoms. The number of thioether (sulfide) groups is 1. The molecule has 0 saturated heterocycles. The van der Waals surface area contributed by atoms with Gasteiger partial charge in [-0.2, -0.15) is 22.0 Å². The lowest BCUT2D eigenvalue weighted by molar-refractivity contribution is -0.237. The van der Waals surface area contributed by atoms with Crippen LogP contribution in [0.1, 0.15) is 6.42 Å². The number of hydrogen-bond acceptors (Lipinski definition) is 1. The first-order valence-electron chi connectivity index (χ1n) is 2.95. The molecule has 0 nitrogen and oxygen atoms in total. The molecular formula is C5H6BrF5S. The zero-order chi connectivity index (χ0) is 9.83. The predicted octanol–water partition coefficient (Wildman–Crippen LogP) is 3.66. The van der Waals surface area contributed by atoms with E-state index < -0.39 is 11.4 Å². The van der Waals surface area contributed by atoms with Crippen molar-refractivity contribution in [3.05, 3.63) is 0 Å². The fraction of sp³-hybridized carbons (Fsp3) is 1.00. The van der Waals surface area contributed by atoms with E-state index in [-0.39, 0.29) is 23.9 Å². The van der Waals surface area contributed by atoms with Crippen molar-refractivity contribution < 1.29 is 22.0 Å². The lowest BCUT2D eigenvalue weighted by atomic mass is 10.6. The van der Waals surface area contributed by atoms with Crippen molar-refractivity contribution in [2.45, 2.75) is 17.9 Å². The molecule has 0 rings (SSSR count). The Hall–Kier alpha value is 0.480. The van der Waals surface area contributed by atoms with E-state index in [9.17, 15) is 22.0 Å². The van der Waals surface area contributed by atoms with Gasteiger partial charge in [0.15, 0.2) is 0 Å².